The van der Waals surface area contributed by atoms with Gasteiger partial charge < -0.3 is 15.5 Å². The third-order valence-corrected chi connectivity index (χ3v) is 3.58. The van der Waals surface area contributed by atoms with Gasteiger partial charge in [-0.3, -0.25) is 4.79 Å². The van der Waals surface area contributed by atoms with Crippen LogP contribution in [0.1, 0.15) is 20.7 Å². The highest BCUT2D eigenvalue weighted by molar-refractivity contribution is 14.1. The number of aromatic carboxylic acids is 1. The number of carboxylic acid groups (broad SMARTS) is 1. The van der Waals surface area contributed by atoms with Crippen LogP contribution in [0.4, 0.5) is 10.1 Å². The molecule has 0 atom stereocenters. The maximum Gasteiger partial charge on any atom is 0.338 e. The zero-order chi connectivity index (χ0) is 15.6. The van der Waals surface area contributed by atoms with Gasteiger partial charge in [0, 0.05) is 11.3 Å². The van der Waals surface area contributed by atoms with Crippen LogP contribution in [0.15, 0.2) is 36.4 Å². The van der Waals surface area contributed by atoms with E-state index < -0.39 is 23.3 Å². The Balaban J connectivity index is 2.25. The van der Waals surface area contributed by atoms with Gasteiger partial charge in [0.2, 0.25) is 0 Å². The lowest BCUT2D eigenvalue weighted by Crippen LogP contribution is -2.13. The minimum absolute atomic E-state index is 0.0337. The summed E-state index contributed by atoms with van der Waals surface area (Å²) in [6.07, 6.45) is 0. The van der Waals surface area contributed by atoms with Crippen LogP contribution in [0, 0.1) is 9.39 Å². The Morgan fingerprint density at radius 2 is 1.86 bits per heavy atom. The smallest absolute Gasteiger partial charge is 0.338 e. The lowest BCUT2D eigenvalue weighted by Gasteiger charge is -2.07. The number of phenols is 1. The fourth-order valence-corrected chi connectivity index (χ4v) is 1.96. The lowest BCUT2D eigenvalue weighted by atomic mass is 10.1. The molecule has 21 heavy (non-hydrogen) atoms. The number of hydrogen-bond donors (Lipinski definition) is 3. The van der Waals surface area contributed by atoms with Crippen LogP contribution in [-0.4, -0.2) is 22.1 Å². The number of phenolic OH excluding ortho intramolecular Hbond substituents is 1. The van der Waals surface area contributed by atoms with Crippen molar-refractivity contribution in [3.63, 3.8) is 0 Å². The van der Waals surface area contributed by atoms with Crippen molar-refractivity contribution < 1.29 is 24.2 Å². The topological polar surface area (TPSA) is 86.6 Å². The van der Waals surface area contributed by atoms with Crippen LogP contribution in [0.3, 0.4) is 0 Å². The summed E-state index contributed by atoms with van der Waals surface area (Å²) in [5.74, 6) is -2.87. The maximum absolute atomic E-state index is 13.3. The number of carbonyl (C=O) groups excluding carboxylic acids is 1. The molecular weight excluding hydrogens is 392 g/mol. The van der Waals surface area contributed by atoms with E-state index in [9.17, 15) is 19.1 Å². The van der Waals surface area contributed by atoms with Gasteiger partial charge in [-0.05, 0) is 59.0 Å². The molecule has 0 aliphatic heterocycles. The van der Waals surface area contributed by atoms with E-state index in [1.807, 2.05) is 22.6 Å². The van der Waals surface area contributed by atoms with Crippen LogP contribution in [0.25, 0.3) is 0 Å². The molecule has 7 heteroatoms. The van der Waals surface area contributed by atoms with Crippen LogP contribution in [0.2, 0.25) is 0 Å². The highest BCUT2D eigenvalue weighted by Crippen LogP contribution is 2.21. The molecule has 0 radical (unpaired) electrons. The first-order valence-corrected chi connectivity index (χ1v) is 6.79. The number of carbonyl (C=O) groups is 2. The minimum Gasteiger partial charge on any atom is -0.507 e. The number of carboxylic acids is 1. The van der Waals surface area contributed by atoms with Crippen LogP contribution >= 0.6 is 22.6 Å². The molecule has 5 nitrogen and oxygen atoms in total. The lowest BCUT2D eigenvalue weighted by molar-refractivity contribution is 0.0691. The van der Waals surface area contributed by atoms with Gasteiger partial charge in [0.1, 0.15) is 11.6 Å². The number of hydrogen-bond acceptors (Lipinski definition) is 3. The third kappa shape index (κ3) is 3.48. The van der Waals surface area contributed by atoms with Crippen molar-refractivity contribution in [1.29, 1.82) is 0 Å². The van der Waals surface area contributed by atoms with Crippen molar-refractivity contribution in [3.05, 3.63) is 56.9 Å². The summed E-state index contributed by atoms with van der Waals surface area (Å²) in [5.41, 5.74) is -0.177. The molecule has 0 saturated carbocycles. The van der Waals surface area contributed by atoms with E-state index in [1.54, 1.807) is 6.07 Å². The maximum atomic E-state index is 13.3. The van der Waals surface area contributed by atoms with Gasteiger partial charge in [0.15, 0.2) is 0 Å². The molecule has 0 unspecified atom stereocenters. The van der Waals surface area contributed by atoms with Gasteiger partial charge in [-0.2, -0.15) is 0 Å². The number of halogens is 2. The van der Waals surface area contributed by atoms with Gasteiger partial charge >= 0.3 is 5.97 Å². The second kappa shape index (κ2) is 6.08. The summed E-state index contributed by atoms with van der Waals surface area (Å²) >= 11 is 1.91. The molecular formula is C14H9FINO4. The standard InChI is InChI=1S/C14H9FINO4/c15-10-3-2-8(6-9(10)14(20)21)17-13(19)7-1-4-11(16)12(18)5-7/h1-6,18H,(H,17,19)(H,20,21). The first-order valence-electron chi connectivity index (χ1n) is 5.71. The van der Waals surface area contributed by atoms with Crippen molar-refractivity contribution in [3.8, 4) is 5.75 Å². The Labute approximate surface area is 132 Å². The number of nitrogens with one attached hydrogen (secondary N) is 1. The summed E-state index contributed by atoms with van der Waals surface area (Å²) < 4.78 is 13.8. The normalized spacial score (nSPS) is 10.2. The first-order chi connectivity index (χ1) is 9.88. The molecule has 3 N–H and O–H groups in total. The molecule has 2 aromatic rings. The Morgan fingerprint density at radius 1 is 1.14 bits per heavy atom. The fourth-order valence-electron chi connectivity index (χ4n) is 1.62. The van der Waals surface area contributed by atoms with Crippen molar-refractivity contribution in [2.45, 2.75) is 0 Å². The van der Waals surface area contributed by atoms with E-state index >= 15 is 0 Å². The van der Waals surface area contributed by atoms with Crippen LogP contribution in [0.5, 0.6) is 5.75 Å². The largest absolute Gasteiger partial charge is 0.507 e. The van der Waals surface area contributed by atoms with Gasteiger partial charge in [-0.15, -0.1) is 0 Å². The van der Waals surface area contributed by atoms with Crippen molar-refractivity contribution >= 4 is 40.2 Å². The van der Waals surface area contributed by atoms with Crippen LogP contribution in [-0.2, 0) is 0 Å². The van der Waals surface area contributed by atoms with Crippen molar-refractivity contribution in [2.75, 3.05) is 5.32 Å². The molecule has 0 fully saturated rings. The summed E-state index contributed by atoms with van der Waals surface area (Å²) in [7, 11) is 0. The summed E-state index contributed by atoms with van der Waals surface area (Å²) in [6.45, 7) is 0. The van der Waals surface area contributed by atoms with E-state index in [-0.39, 0.29) is 17.0 Å². The second-order valence-electron chi connectivity index (χ2n) is 4.12. The number of amides is 1. The highest BCUT2D eigenvalue weighted by atomic mass is 127. The number of rotatable bonds is 3. The molecule has 0 bridgehead atoms. The summed E-state index contributed by atoms with van der Waals surface area (Å²) in [4.78, 5) is 22.8. The van der Waals surface area contributed by atoms with E-state index in [0.29, 0.717) is 3.57 Å². The quantitative estimate of drug-likeness (QED) is 0.691. The van der Waals surface area contributed by atoms with Gasteiger partial charge in [-0.1, -0.05) is 0 Å². The first kappa shape index (κ1) is 15.2. The average molecular weight is 401 g/mol. The molecule has 108 valence electrons. The molecule has 0 aliphatic carbocycles. The van der Waals surface area contributed by atoms with E-state index in [2.05, 4.69) is 5.32 Å². The Hall–Kier alpha value is -2.16. The van der Waals surface area contributed by atoms with Gasteiger partial charge in [0.05, 0.1) is 9.13 Å². The molecule has 2 rings (SSSR count). The minimum atomic E-state index is -1.42. The molecule has 0 heterocycles. The monoisotopic (exact) mass is 401 g/mol. The highest BCUT2D eigenvalue weighted by Gasteiger charge is 2.13. The fraction of sp³-hybridized carbons (Fsp3) is 0. The average Bonchev–Trinajstić information content (AvgIpc) is 2.43. The Kier molecular flexibility index (Phi) is 4.41. The molecule has 0 saturated heterocycles. The summed E-state index contributed by atoms with van der Waals surface area (Å²) in [6, 6.07) is 7.62. The number of anilines is 1. The van der Waals surface area contributed by atoms with Gasteiger partial charge in [-0.25, -0.2) is 9.18 Å². The predicted molar refractivity (Wildman–Crippen MR) is 82.1 cm³/mol. The predicted octanol–water partition coefficient (Wildman–Crippen LogP) is 3.09. The van der Waals surface area contributed by atoms with Crippen molar-refractivity contribution in [1.82, 2.24) is 0 Å². The van der Waals surface area contributed by atoms with Crippen LogP contribution < -0.4 is 5.32 Å². The molecule has 1 amide bonds. The summed E-state index contributed by atoms with van der Waals surface area (Å²) in [5, 5.41) is 20.8. The Morgan fingerprint density at radius 3 is 2.48 bits per heavy atom. The van der Waals surface area contributed by atoms with E-state index in [4.69, 9.17) is 5.11 Å². The zero-order valence-electron chi connectivity index (χ0n) is 10.4. The van der Waals surface area contributed by atoms with E-state index in [0.717, 1.165) is 12.1 Å². The second-order valence-corrected chi connectivity index (χ2v) is 5.28. The molecule has 0 aromatic heterocycles. The zero-order valence-corrected chi connectivity index (χ0v) is 12.6. The third-order valence-electron chi connectivity index (χ3n) is 2.66. The van der Waals surface area contributed by atoms with E-state index in [1.165, 1.54) is 18.2 Å². The van der Waals surface area contributed by atoms with Crippen molar-refractivity contribution in [2.24, 2.45) is 0 Å². The number of aromatic hydroxyl groups is 1. The number of benzene rings is 2. The Bertz CT molecular complexity index is 733. The molecule has 0 aliphatic rings. The van der Waals surface area contributed by atoms with Gasteiger partial charge in [0.25, 0.3) is 5.91 Å². The SMILES string of the molecule is O=C(Nc1ccc(F)c(C(=O)O)c1)c1ccc(I)c(O)c1. The molecule has 2 aromatic carbocycles. The molecule has 0 spiro atoms.